The molecule has 12 heteroatoms. The van der Waals surface area contributed by atoms with Crippen LogP contribution in [0, 0.1) is 0 Å². The predicted molar refractivity (Wildman–Crippen MR) is 127 cm³/mol. The van der Waals surface area contributed by atoms with Crippen LogP contribution in [-0.2, 0) is 23.7 Å². The van der Waals surface area contributed by atoms with E-state index < -0.39 is 12.2 Å². The van der Waals surface area contributed by atoms with E-state index in [0.717, 1.165) is 19.3 Å². The van der Waals surface area contributed by atoms with E-state index in [1.165, 1.54) is 0 Å². The van der Waals surface area contributed by atoms with Crippen molar-refractivity contribution in [3.05, 3.63) is 0 Å². The molecule has 0 aromatic heterocycles. The number of hydrogen-bond donors (Lipinski definition) is 3. The van der Waals surface area contributed by atoms with E-state index in [0.29, 0.717) is 65.3 Å². The number of amides is 2. The van der Waals surface area contributed by atoms with Gasteiger partial charge in [-0.25, -0.2) is 9.59 Å². The van der Waals surface area contributed by atoms with Crippen molar-refractivity contribution in [3.63, 3.8) is 0 Å². The minimum Gasteiger partial charge on any atom is -0.450 e. The second kappa shape index (κ2) is 21.9. The summed E-state index contributed by atoms with van der Waals surface area (Å²) in [5, 5.41) is 13.9. The summed E-state index contributed by atoms with van der Waals surface area (Å²) in [6, 6.07) is 0. The zero-order valence-electron chi connectivity index (χ0n) is 19.5. The zero-order valence-corrected chi connectivity index (χ0v) is 21.2. The van der Waals surface area contributed by atoms with Crippen LogP contribution in [0.2, 0.25) is 0 Å². The van der Waals surface area contributed by atoms with Gasteiger partial charge in [0.15, 0.2) is 0 Å². The number of carbonyl (C=O) groups excluding carboxylic acids is 2. The monoisotopic (exact) mass is 500 g/mol. The number of carbonyl (C=O) groups is 2. The van der Waals surface area contributed by atoms with Crippen LogP contribution in [0.3, 0.4) is 0 Å². The SMILES string of the molecule is CCOC(=O)NCCOCCOCCNC(=O)OCCC(C)(C)SSCOCCCCO. The van der Waals surface area contributed by atoms with E-state index in [4.69, 9.17) is 28.8 Å². The molecule has 0 atom stereocenters. The maximum atomic E-state index is 11.7. The van der Waals surface area contributed by atoms with E-state index in [1.807, 2.05) is 0 Å². The Hall–Kier alpha value is -0.920. The molecule has 0 aromatic carbocycles. The smallest absolute Gasteiger partial charge is 0.407 e. The van der Waals surface area contributed by atoms with Crippen molar-refractivity contribution < 1.29 is 38.4 Å². The molecule has 190 valence electrons. The van der Waals surface area contributed by atoms with Crippen LogP contribution in [0.25, 0.3) is 0 Å². The van der Waals surface area contributed by atoms with Crippen molar-refractivity contribution in [2.45, 2.75) is 44.8 Å². The Morgan fingerprint density at radius 2 is 1.47 bits per heavy atom. The fraction of sp³-hybridized carbons (Fsp3) is 0.900. The number of rotatable bonds is 21. The minimum atomic E-state index is -0.462. The average Bonchev–Trinajstić information content (AvgIpc) is 2.74. The van der Waals surface area contributed by atoms with E-state index in [-0.39, 0.29) is 11.4 Å². The summed E-state index contributed by atoms with van der Waals surface area (Å²) in [5.74, 6) is 0.594. The molecular formula is C20H40N2O8S2. The average molecular weight is 501 g/mol. The highest BCUT2D eigenvalue weighted by Crippen LogP contribution is 2.37. The molecule has 0 rings (SSSR count). The van der Waals surface area contributed by atoms with Crippen LogP contribution in [0.4, 0.5) is 9.59 Å². The van der Waals surface area contributed by atoms with Crippen LogP contribution in [0.1, 0.15) is 40.0 Å². The molecule has 0 saturated heterocycles. The van der Waals surface area contributed by atoms with Gasteiger partial charge in [-0.3, -0.25) is 0 Å². The predicted octanol–water partition coefficient (Wildman–Crippen LogP) is 2.79. The first-order chi connectivity index (χ1) is 15.4. The van der Waals surface area contributed by atoms with E-state index >= 15 is 0 Å². The topological polar surface area (TPSA) is 125 Å². The molecule has 0 aliphatic rings. The number of unbranched alkanes of at least 4 members (excludes halogenated alkanes) is 1. The fourth-order valence-electron chi connectivity index (χ4n) is 2.03. The lowest BCUT2D eigenvalue weighted by atomic mass is 10.1. The molecule has 0 fully saturated rings. The second-order valence-corrected chi connectivity index (χ2v) is 10.1. The Morgan fingerprint density at radius 3 is 2.06 bits per heavy atom. The molecule has 0 radical (unpaired) electrons. The Morgan fingerprint density at radius 1 is 0.844 bits per heavy atom. The van der Waals surface area contributed by atoms with Gasteiger partial charge >= 0.3 is 12.2 Å². The van der Waals surface area contributed by atoms with Gasteiger partial charge in [0.1, 0.15) is 5.94 Å². The maximum absolute atomic E-state index is 11.7. The van der Waals surface area contributed by atoms with Gasteiger partial charge in [0.05, 0.1) is 39.6 Å². The first-order valence-corrected chi connectivity index (χ1v) is 13.2. The molecule has 0 unspecified atom stereocenters. The minimum absolute atomic E-state index is 0.0473. The Labute approximate surface area is 199 Å². The highest BCUT2D eigenvalue weighted by molar-refractivity contribution is 8.77. The summed E-state index contributed by atoms with van der Waals surface area (Å²) in [4.78, 5) is 22.8. The van der Waals surface area contributed by atoms with Gasteiger partial charge in [0.25, 0.3) is 0 Å². The van der Waals surface area contributed by atoms with Gasteiger partial charge in [-0.2, -0.15) is 0 Å². The summed E-state index contributed by atoms with van der Waals surface area (Å²) in [5.41, 5.74) is 0. The Bertz CT molecular complexity index is 473. The first kappa shape index (κ1) is 31.1. The molecule has 0 saturated carbocycles. The lowest BCUT2D eigenvalue weighted by Crippen LogP contribution is -2.30. The van der Waals surface area contributed by atoms with Crippen molar-refractivity contribution >= 4 is 33.8 Å². The Balaban J connectivity index is 3.47. The molecule has 0 spiro atoms. The molecule has 0 aliphatic carbocycles. The quantitative estimate of drug-likeness (QED) is 0.123. The molecule has 3 N–H and O–H groups in total. The van der Waals surface area contributed by atoms with E-state index in [2.05, 4.69) is 24.5 Å². The normalized spacial score (nSPS) is 11.2. The number of nitrogens with one attached hydrogen (secondary N) is 2. The van der Waals surface area contributed by atoms with Gasteiger partial charge in [-0.1, -0.05) is 21.6 Å². The van der Waals surface area contributed by atoms with Crippen molar-refractivity contribution in [3.8, 4) is 0 Å². The summed E-state index contributed by atoms with van der Waals surface area (Å²) >= 11 is 0. The maximum Gasteiger partial charge on any atom is 0.407 e. The number of alkyl carbamates (subject to hydrolysis) is 2. The van der Waals surface area contributed by atoms with Crippen molar-refractivity contribution in [1.29, 1.82) is 0 Å². The van der Waals surface area contributed by atoms with Crippen LogP contribution < -0.4 is 10.6 Å². The molecular weight excluding hydrogens is 460 g/mol. The summed E-state index contributed by atoms with van der Waals surface area (Å²) in [6.45, 7) is 9.71. The van der Waals surface area contributed by atoms with Gasteiger partial charge in [-0.05, 0) is 40.0 Å². The number of hydrogen-bond acceptors (Lipinski definition) is 10. The van der Waals surface area contributed by atoms with Gasteiger partial charge < -0.3 is 39.4 Å². The Kier molecular flexibility index (Phi) is 21.3. The number of aliphatic hydroxyl groups excluding tert-OH is 1. The van der Waals surface area contributed by atoms with Crippen LogP contribution in [-0.4, -0.2) is 93.9 Å². The molecule has 2 amide bonds. The van der Waals surface area contributed by atoms with E-state index in [1.54, 1.807) is 28.5 Å². The molecule has 0 aliphatic heterocycles. The van der Waals surface area contributed by atoms with Gasteiger partial charge in [0, 0.05) is 31.1 Å². The third-order valence-electron chi connectivity index (χ3n) is 3.73. The first-order valence-electron chi connectivity index (χ1n) is 10.9. The van der Waals surface area contributed by atoms with Gasteiger partial charge in [0.2, 0.25) is 0 Å². The lowest BCUT2D eigenvalue weighted by Gasteiger charge is -2.22. The van der Waals surface area contributed by atoms with Gasteiger partial charge in [-0.15, -0.1) is 0 Å². The zero-order chi connectivity index (χ0) is 23.9. The van der Waals surface area contributed by atoms with Crippen molar-refractivity contribution in [2.75, 3.05) is 71.9 Å². The van der Waals surface area contributed by atoms with Crippen molar-refractivity contribution in [2.24, 2.45) is 0 Å². The highest BCUT2D eigenvalue weighted by Gasteiger charge is 2.19. The van der Waals surface area contributed by atoms with Crippen LogP contribution in [0.5, 0.6) is 0 Å². The van der Waals surface area contributed by atoms with Crippen LogP contribution in [0.15, 0.2) is 0 Å². The third-order valence-corrected chi connectivity index (χ3v) is 6.76. The highest BCUT2D eigenvalue weighted by atomic mass is 33.1. The summed E-state index contributed by atoms with van der Waals surface area (Å²) < 4.78 is 26.0. The third kappa shape index (κ3) is 22.3. The standard InChI is InChI=1S/C20H40N2O8S2/c1-4-29-18(24)21-8-13-26-15-16-27-14-9-22-19(25)30-12-7-20(2,3)32-31-17-28-11-6-5-10-23/h23H,4-17H2,1-3H3,(H,21,24)(H,22,25). The second-order valence-electron chi connectivity index (χ2n) is 7.10. The van der Waals surface area contributed by atoms with Crippen LogP contribution >= 0.6 is 21.6 Å². The largest absolute Gasteiger partial charge is 0.450 e. The molecule has 32 heavy (non-hydrogen) atoms. The number of ether oxygens (including phenoxy) is 5. The number of aliphatic hydroxyl groups is 1. The van der Waals surface area contributed by atoms with E-state index in [9.17, 15) is 9.59 Å². The molecule has 0 bridgehead atoms. The molecule has 0 aromatic rings. The fourth-order valence-corrected chi connectivity index (χ4v) is 4.30. The van der Waals surface area contributed by atoms with Crippen molar-refractivity contribution in [1.82, 2.24) is 10.6 Å². The lowest BCUT2D eigenvalue weighted by molar-refractivity contribution is 0.0488. The molecule has 0 heterocycles. The summed E-state index contributed by atoms with van der Waals surface area (Å²) in [6.07, 6.45) is 1.43. The summed E-state index contributed by atoms with van der Waals surface area (Å²) in [7, 11) is 3.34. The molecule has 10 nitrogen and oxygen atoms in total.